The van der Waals surface area contributed by atoms with Crippen LogP contribution >= 0.6 is 0 Å². The van der Waals surface area contributed by atoms with Crippen LogP contribution in [0.1, 0.15) is 24.4 Å². The van der Waals surface area contributed by atoms with Crippen molar-refractivity contribution >= 4 is 0 Å². The van der Waals surface area contributed by atoms with E-state index in [0.29, 0.717) is 12.4 Å². The first-order chi connectivity index (χ1) is 11.9. The van der Waals surface area contributed by atoms with E-state index >= 15 is 0 Å². The van der Waals surface area contributed by atoms with Crippen LogP contribution in [-0.2, 0) is 6.54 Å². The molecule has 3 rings (SSSR count). The number of hydrogen-bond donors (Lipinski definition) is 0. The molecule has 0 saturated carbocycles. The molecule has 0 N–H and O–H groups in total. The van der Waals surface area contributed by atoms with E-state index in [9.17, 15) is 8.78 Å². The number of ether oxygens (including phenoxy) is 1. The fourth-order valence-corrected chi connectivity index (χ4v) is 2.97. The molecule has 0 aliphatic heterocycles. The van der Waals surface area contributed by atoms with Gasteiger partial charge in [0, 0.05) is 18.1 Å². The van der Waals surface area contributed by atoms with Crippen LogP contribution in [0.4, 0.5) is 8.78 Å². The molecule has 0 spiro atoms. The van der Waals surface area contributed by atoms with Crippen molar-refractivity contribution in [1.82, 2.24) is 19.3 Å². The Morgan fingerprint density at radius 1 is 1.24 bits per heavy atom. The zero-order valence-electron chi connectivity index (χ0n) is 14.6. The van der Waals surface area contributed by atoms with Gasteiger partial charge in [0.15, 0.2) is 11.6 Å². The topological polar surface area (TPSA) is 44.9 Å². The van der Waals surface area contributed by atoms with Gasteiger partial charge in [0.1, 0.15) is 11.6 Å². The second kappa shape index (κ2) is 6.66. The number of hydrogen-bond acceptors (Lipinski definition) is 3. The molecule has 3 aromatic rings. The minimum Gasteiger partial charge on any atom is -0.496 e. The zero-order valence-corrected chi connectivity index (χ0v) is 14.6. The largest absolute Gasteiger partial charge is 0.496 e. The number of aryl methyl sites for hydroxylation is 2. The van der Waals surface area contributed by atoms with Gasteiger partial charge in [-0.15, -0.1) is 0 Å². The molecule has 0 bridgehead atoms. The fraction of sp³-hybridized carbons (Fsp3) is 0.333. The number of methoxy groups -OCH3 is 1. The molecule has 2 aromatic heterocycles. The maximum atomic E-state index is 14.4. The van der Waals surface area contributed by atoms with Crippen LogP contribution in [0.2, 0.25) is 0 Å². The maximum Gasteiger partial charge on any atom is 0.173 e. The standard InChI is InChI=1S/C18H20F2N4O/c1-11-9-12(2)24(22-11)10-13(3)23-8-7-21-18(23)16-15(25-4)6-5-14(19)17(16)20/h5-9,13H,10H2,1-4H3/t13-/m1/s1. The van der Waals surface area contributed by atoms with Crippen LogP contribution in [0.5, 0.6) is 5.75 Å². The predicted molar refractivity (Wildman–Crippen MR) is 90.5 cm³/mol. The third-order valence-corrected chi connectivity index (χ3v) is 4.18. The Balaban J connectivity index is 2.01. The molecule has 132 valence electrons. The van der Waals surface area contributed by atoms with E-state index in [2.05, 4.69) is 10.1 Å². The van der Waals surface area contributed by atoms with Gasteiger partial charge in [0.05, 0.1) is 31.0 Å². The van der Waals surface area contributed by atoms with Crippen LogP contribution < -0.4 is 4.74 Å². The molecule has 0 aliphatic rings. The molecule has 0 fully saturated rings. The third-order valence-electron chi connectivity index (χ3n) is 4.18. The Morgan fingerprint density at radius 3 is 2.64 bits per heavy atom. The van der Waals surface area contributed by atoms with E-state index in [4.69, 9.17) is 4.74 Å². The van der Waals surface area contributed by atoms with Crippen LogP contribution in [-0.4, -0.2) is 26.4 Å². The summed E-state index contributed by atoms with van der Waals surface area (Å²) in [7, 11) is 1.42. The molecule has 1 atom stereocenters. The monoisotopic (exact) mass is 346 g/mol. The Labute approximate surface area is 144 Å². The summed E-state index contributed by atoms with van der Waals surface area (Å²) < 4.78 is 37.1. The summed E-state index contributed by atoms with van der Waals surface area (Å²) in [5, 5.41) is 4.45. The number of nitrogens with zero attached hydrogens (tertiary/aromatic N) is 4. The summed E-state index contributed by atoms with van der Waals surface area (Å²) in [4.78, 5) is 4.23. The van der Waals surface area contributed by atoms with Crippen molar-refractivity contribution in [3.05, 3.63) is 53.6 Å². The maximum absolute atomic E-state index is 14.4. The number of halogens is 2. The molecule has 0 unspecified atom stereocenters. The van der Waals surface area contributed by atoms with Crippen LogP contribution in [0, 0.1) is 25.5 Å². The van der Waals surface area contributed by atoms with Gasteiger partial charge in [0.25, 0.3) is 0 Å². The van der Waals surface area contributed by atoms with E-state index in [1.165, 1.54) is 13.2 Å². The minimum absolute atomic E-state index is 0.0210. The van der Waals surface area contributed by atoms with Gasteiger partial charge in [-0.25, -0.2) is 13.8 Å². The van der Waals surface area contributed by atoms with Crippen LogP contribution in [0.25, 0.3) is 11.4 Å². The van der Waals surface area contributed by atoms with Gasteiger partial charge in [-0.1, -0.05) is 0 Å². The third kappa shape index (κ3) is 3.14. The Bertz CT molecular complexity index is 901. The molecule has 5 nitrogen and oxygen atoms in total. The van der Waals surface area contributed by atoms with Crippen molar-refractivity contribution in [3.63, 3.8) is 0 Å². The Hall–Kier alpha value is -2.70. The van der Waals surface area contributed by atoms with Crippen molar-refractivity contribution < 1.29 is 13.5 Å². The van der Waals surface area contributed by atoms with E-state index in [-0.39, 0.29) is 17.4 Å². The SMILES string of the molecule is COc1ccc(F)c(F)c1-c1nccn1[C@H](C)Cn1nc(C)cc1C. The predicted octanol–water partition coefficient (Wildman–Crippen LogP) is 3.91. The number of imidazole rings is 1. The second-order valence-electron chi connectivity index (χ2n) is 6.05. The summed E-state index contributed by atoms with van der Waals surface area (Å²) in [6.45, 7) is 6.48. The highest BCUT2D eigenvalue weighted by atomic mass is 19.2. The van der Waals surface area contributed by atoms with Gasteiger partial charge >= 0.3 is 0 Å². The van der Waals surface area contributed by atoms with Crippen LogP contribution in [0.15, 0.2) is 30.6 Å². The lowest BCUT2D eigenvalue weighted by molar-refractivity contribution is 0.404. The summed E-state index contributed by atoms with van der Waals surface area (Å²) >= 11 is 0. The first-order valence-corrected chi connectivity index (χ1v) is 7.98. The van der Waals surface area contributed by atoms with Crippen molar-refractivity contribution in [2.75, 3.05) is 7.11 Å². The normalized spacial score (nSPS) is 12.4. The van der Waals surface area contributed by atoms with E-state index in [0.717, 1.165) is 17.5 Å². The molecular weight excluding hydrogens is 326 g/mol. The fourth-order valence-electron chi connectivity index (χ4n) is 2.97. The average molecular weight is 346 g/mol. The lowest BCUT2D eigenvalue weighted by Crippen LogP contribution is -2.16. The van der Waals surface area contributed by atoms with Gasteiger partial charge in [-0.2, -0.15) is 5.10 Å². The summed E-state index contributed by atoms with van der Waals surface area (Å²) in [5.41, 5.74) is 2.00. The smallest absolute Gasteiger partial charge is 0.173 e. The first-order valence-electron chi connectivity index (χ1n) is 7.98. The average Bonchev–Trinajstić information content (AvgIpc) is 3.16. The molecule has 7 heteroatoms. The second-order valence-corrected chi connectivity index (χ2v) is 6.05. The van der Waals surface area contributed by atoms with Gasteiger partial charge in [-0.05, 0) is 39.0 Å². The first kappa shape index (κ1) is 17.1. The van der Waals surface area contributed by atoms with Crippen molar-refractivity contribution in [2.24, 2.45) is 0 Å². The number of rotatable bonds is 5. The van der Waals surface area contributed by atoms with Crippen molar-refractivity contribution in [1.29, 1.82) is 0 Å². The molecule has 1 aromatic carbocycles. The lowest BCUT2D eigenvalue weighted by Gasteiger charge is -2.19. The molecular formula is C18H20F2N4O. The summed E-state index contributed by atoms with van der Waals surface area (Å²) in [5.74, 6) is -1.34. The minimum atomic E-state index is -0.967. The Morgan fingerprint density at radius 2 is 2.00 bits per heavy atom. The molecule has 0 saturated heterocycles. The summed E-state index contributed by atoms with van der Waals surface area (Å²) in [6, 6.07) is 4.38. The molecule has 0 radical (unpaired) electrons. The van der Waals surface area contributed by atoms with Gasteiger partial charge < -0.3 is 9.30 Å². The summed E-state index contributed by atoms with van der Waals surface area (Å²) in [6.07, 6.45) is 3.31. The number of benzene rings is 1. The quantitative estimate of drug-likeness (QED) is 0.703. The highest BCUT2D eigenvalue weighted by Gasteiger charge is 2.22. The molecule has 2 heterocycles. The van der Waals surface area contributed by atoms with Gasteiger partial charge in [0.2, 0.25) is 0 Å². The highest BCUT2D eigenvalue weighted by Crippen LogP contribution is 2.34. The Kier molecular flexibility index (Phi) is 4.57. The van der Waals surface area contributed by atoms with E-state index in [1.54, 1.807) is 17.0 Å². The zero-order chi connectivity index (χ0) is 18.1. The van der Waals surface area contributed by atoms with Gasteiger partial charge in [-0.3, -0.25) is 4.68 Å². The van der Waals surface area contributed by atoms with Crippen molar-refractivity contribution in [3.8, 4) is 17.1 Å². The van der Waals surface area contributed by atoms with E-state index < -0.39 is 11.6 Å². The molecule has 25 heavy (non-hydrogen) atoms. The number of aromatic nitrogens is 4. The molecule has 0 amide bonds. The lowest BCUT2D eigenvalue weighted by atomic mass is 10.1. The highest BCUT2D eigenvalue weighted by molar-refractivity contribution is 5.65. The van der Waals surface area contributed by atoms with Crippen molar-refractivity contribution in [2.45, 2.75) is 33.4 Å². The van der Waals surface area contributed by atoms with Crippen LogP contribution in [0.3, 0.4) is 0 Å². The van der Waals surface area contributed by atoms with E-state index in [1.807, 2.05) is 31.5 Å². The molecule has 0 aliphatic carbocycles.